The third-order valence-corrected chi connectivity index (χ3v) is 7.07. The Morgan fingerprint density at radius 1 is 1.16 bits per heavy atom. The molecule has 0 saturated carbocycles. The highest BCUT2D eigenvalue weighted by atomic mass is 16.3. The van der Waals surface area contributed by atoms with E-state index in [2.05, 4.69) is 10.3 Å². The van der Waals surface area contributed by atoms with Crippen molar-refractivity contribution >= 4 is 17.7 Å². The molecule has 2 aliphatic heterocycles. The van der Waals surface area contributed by atoms with Crippen LogP contribution in [0.4, 0.5) is 0 Å². The fraction of sp³-hybridized carbons (Fsp3) is 0.357. The summed E-state index contributed by atoms with van der Waals surface area (Å²) < 4.78 is 5.30. The maximum absolute atomic E-state index is 13.8. The number of fused-ring (bicyclic) bond motifs is 1. The number of nitrogens with one attached hydrogen (secondary N) is 1. The molecule has 3 heterocycles. The van der Waals surface area contributed by atoms with Gasteiger partial charge in [-0.15, -0.1) is 0 Å². The SMILES string of the molecule is CC(C)[C@@H](C(=O)N1C[C@H](O)C[C@H]1C(=O)NCc1ccc(-c2cnco2)cc1)N1Cc2ccccc2C1=O. The number of aliphatic hydroxyl groups is 1. The molecule has 1 saturated heterocycles. The summed E-state index contributed by atoms with van der Waals surface area (Å²) in [7, 11) is 0. The average molecular weight is 503 g/mol. The number of likely N-dealkylation sites (tertiary alicyclic amines) is 1. The number of benzene rings is 2. The Balaban J connectivity index is 1.27. The van der Waals surface area contributed by atoms with Gasteiger partial charge in [-0.3, -0.25) is 14.4 Å². The van der Waals surface area contributed by atoms with Gasteiger partial charge in [0.2, 0.25) is 11.8 Å². The number of carbonyl (C=O) groups excluding carboxylic acids is 3. The van der Waals surface area contributed by atoms with Crippen LogP contribution in [0, 0.1) is 5.92 Å². The second-order valence-corrected chi connectivity index (χ2v) is 9.96. The van der Waals surface area contributed by atoms with Crippen LogP contribution < -0.4 is 5.32 Å². The first-order valence-electron chi connectivity index (χ1n) is 12.5. The average Bonchev–Trinajstić information content (AvgIpc) is 3.63. The number of hydrogen-bond acceptors (Lipinski definition) is 6. The second kappa shape index (κ2) is 10.2. The molecule has 192 valence electrons. The smallest absolute Gasteiger partial charge is 0.255 e. The molecule has 0 aliphatic carbocycles. The van der Waals surface area contributed by atoms with Gasteiger partial charge in [0.25, 0.3) is 5.91 Å². The van der Waals surface area contributed by atoms with Crippen LogP contribution in [0.3, 0.4) is 0 Å². The van der Waals surface area contributed by atoms with Crippen LogP contribution in [-0.4, -0.2) is 62.3 Å². The lowest BCUT2D eigenvalue weighted by Crippen LogP contribution is -2.55. The van der Waals surface area contributed by atoms with Crippen LogP contribution in [0.5, 0.6) is 0 Å². The zero-order valence-electron chi connectivity index (χ0n) is 20.8. The maximum atomic E-state index is 13.8. The normalized spacial score (nSPS) is 19.8. The monoisotopic (exact) mass is 502 g/mol. The summed E-state index contributed by atoms with van der Waals surface area (Å²) >= 11 is 0. The van der Waals surface area contributed by atoms with Gasteiger partial charge in [0.05, 0.1) is 12.3 Å². The lowest BCUT2D eigenvalue weighted by atomic mass is 10.0. The highest BCUT2D eigenvalue weighted by Crippen LogP contribution is 2.30. The molecule has 0 spiro atoms. The summed E-state index contributed by atoms with van der Waals surface area (Å²) in [4.78, 5) is 47.0. The van der Waals surface area contributed by atoms with Crippen molar-refractivity contribution in [3.8, 4) is 11.3 Å². The van der Waals surface area contributed by atoms with E-state index in [9.17, 15) is 19.5 Å². The lowest BCUT2D eigenvalue weighted by Gasteiger charge is -2.35. The number of nitrogens with zero attached hydrogens (tertiary/aromatic N) is 3. The largest absolute Gasteiger partial charge is 0.444 e. The van der Waals surface area contributed by atoms with Gasteiger partial charge in [0, 0.05) is 37.2 Å². The van der Waals surface area contributed by atoms with Crippen molar-refractivity contribution in [2.75, 3.05) is 6.54 Å². The number of oxazole rings is 1. The maximum Gasteiger partial charge on any atom is 0.255 e. The topological polar surface area (TPSA) is 116 Å². The fourth-order valence-electron chi connectivity index (χ4n) is 5.21. The standard InChI is InChI=1S/C28H30N4O5/c1-17(2)25(32-14-20-5-3-4-6-22(20)27(32)35)28(36)31-15-21(33)11-23(31)26(34)30-12-18-7-9-19(10-8-18)24-13-29-16-37-24/h3-10,13,16-17,21,23,25,33H,11-12,14-15H2,1-2H3,(H,30,34)/t21-,23+,25+/m1/s1. The minimum atomic E-state index is -0.808. The van der Waals surface area contributed by atoms with Gasteiger partial charge in [-0.2, -0.15) is 0 Å². The van der Waals surface area contributed by atoms with Crippen LogP contribution in [0.25, 0.3) is 11.3 Å². The molecule has 3 amide bonds. The Labute approximate surface area is 215 Å². The van der Waals surface area contributed by atoms with Crippen molar-refractivity contribution in [2.24, 2.45) is 5.92 Å². The zero-order valence-corrected chi connectivity index (χ0v) is 20.8. The van der Waals surface area contributed by atoms with Crippen LogP contribution in [-0.2, 0) is 22.7 Å². The van der Waals surface area contributed by atoms with E-state index >= 15 is 0 Å². The van der Waals surface area contributed by atoms with Crippen molar-refractivity contribution in [1.29, 1.82) is 0 Å². The third kappa shape index (κ3) is 4.86. The van der Waals surface area contributed by atoms with E-state index in [1.165, 1.54) is 11.3 Å². The molecule has 0 unspecified atom stereocenters. The summed E-state index contributed by atoms with van der Waals surface area (Å²) in [5.41, 5.74) is 3.25. The van der Waals surface area contributed by atoms with E-state index in [1.807, 2.05) is 56.3 Å². The Kier molecular flexibility index (Phi) is 6.80. The molecule has 2 N–H and O–H groups in total. The first-order valence-corrected chi connectivity index (χ1v) is 12.5. The van der Waals surface area contributed by atoms with Gasteiger partial charge >= 0.3 is 0 Å². The Hall–Kier alpha value is -3.98. The molecule has 9 nitrogen and oxygen atoms in total. The Morgan fingerprint density at radius 2 is 1.92 bits per heavy atom. The van der Waals surface area contributed by atoms with Crippen LogP contribution in [0.2, 0.25) is 0 Å². The van der Waals surface area contributed by atoms with E-state index < -0.39 is 18.2 Å². The van der Waals surface area contributed by atoms with Crippen molar-refractivity contribution in [1.82, 2.24) is 20.1 Å². The van der Waals surface area contributed by atoms with Gasteiger partial charge in [0.15, 0.2) is 12.2 Å². The predicted molar refractivity (Wildman–Crippen MR) is 135 cm³/mol. The summed E-state index contributed by atoms with van der Waals surface area (Å²) in [6.07, 6.45) is 2.35. The van der Waals surface area contributed by atoms with Crippen molar-refractivity contribution in [2.45, 2.75) is 51.5 Å². The summed E-state index contributed by atoms with van der Waals surface area (Å²) in [6.45, 7) is 4.46. The Morgan fingerprint density at radius 3 is 2.59 bits per heavy atom. The molecule has 9 heteroatoms. The summed E-state index contributed by atoms with van der Waals surface area (Å²) in [6, 6.07) is 13.3. The summed E-state index contributed by atoms with van der Waals surface area (Å²) in [5, 5.41) is 13.3. The van der Waals surface area contributed by atoms with E-state index in [0.29, 0.717) is 17.9 Å². The van der Waals surface area contributed by atoms with Gasteiger partial charge < -0.3 is 24.6 Å². The molecule has 2 aromatic carbocycles. The molecule has 0 bridgehead atoms. The quantitative estimate of drug-likeness (QED) is 0.513. The van der Waals surface area contributed by atoms with Gasteiger partial charge in [-0.05, 0) is 23.1 Å². The molecule has 1 aromatic heterocycles. The first kappa shape index (κ1) is 24.7. The number of hydrogen-bond donors (Lipinski definition) is 2. The number of carbonyl (C=O) groups is 3. The Bertz CT molecular complexity index is 1290. The van der Waals surface area contributed by atoms with E-state index in [0.717, 1.165) is 16.7 Å². The number of aromatic nitrogens is 1. The highest BCUT2D eigenvalue weighted by molar-refractivity contribution is 6.01. The highest BCUT2D eigenvalue weighted by Gasteiger charge is 2.45. The molecular weight excluding hydrogens is 472 g/mol. The van der Waals surface area contributed by atoms with Crippen LogP contribution >= 0.6 is 0 Å². The predicted octanol–water partition coefficient (Wildman–Crippen LogP) is 2.60. The van der Waals surface area contributed by atoms with Crippen molar-refractivity contribution < 1.29 is 23.9 Å². The number of aliphatic hydroxyl groups excluding tert-OH is 1. The molecular formula is C28H30N4O5. The molecule has 3 atom stereocenters. The van der Waals surface area contributed by atoms with Crippen molar-refractivity contribution in [3.63, 3.8) is 0 Å². The molecule has 0 radical (unpaired) electrons. The van der Waals surface area contributed by atoms with Gasteiger partial charge in [0.1, 0.15) is 12.1 Å². The zero-order chi connectivity index (χ0) is 26.1. The minimum absolute atomic E-state index is 0.0565. The molecule has 3 aromatic rings. The van der Waals surface area contributed by atoms with Gasteiger partial charge in [-0.1, -0.05) is 56.3 Å². The minimum Gasteiger partial charge on any atom is -0.444 e. The summed E-state index contributed by atoms with van der Waals surface area (Å²) in [5.74, 6) is -0.344. The number of rotatable bonds is 7. The fourth-order valence-corrected chi connectivity index (χ4v) is 5.21. The second-order valence-electron chi connectivity index (χ2n) is 9.96. The lowest BCUT2D eigenvalue weighted by molar-refractivity contribution is -0.143. The molecule has 1 fully saturated rings. The molecule has 5 rings (SSSR count). The number of β-amino-alcohol motifs (C(OH)–C–C–N with tert-alkyl or cyclic N) is 1. The number of amides is 3. The molecule has 37 heavy (non-hydrogen) atoms. The molecule has 2 aliphatic rings. The van der Waals surface area contributed by atoms with E-state index in [1.54, 1.807) is 17.2 Å². The van der Waals surface area contributed by atoms with Crippen LogP contribution in [0.1, 0.15) is 41.8 Å². The first-order chi connectivity index (χ1) is 17.8. The van der Waals surface area contributed by atoms with E-state index in [-0.39, 0.29) is 43.1 Å². The van der Waals surface area contributed by atoms with E-state index in [4.69, 9.17) is 4.42 Å². The van der Waals surface area contributed by atoms with Crippen molar-refractivity contribution in [3.05, 3.63) is 77.8 Å². The van der Waals surface area contributed by atoms with Crippen LogP contribution in [0.15, 0.2) is 65.5 Å². The van der Waals surface area contributed by atoms with Gasteiger partial charge in [-0.25, -0.2) is 4.98 Å². The third-order valence-electron chi connectivity index (χ3n) is 7.07.